The van der Waals surface area contributed by atoms with Crippen molar-refractivity contribution in [2.24, 2.45) is 0 Å². The summed E-state index contributed by atoms with van der Waals surface area (Å²) in [7, 11) is 0. The quantitative estimate of drug-likeness (QED) is 0.939. The first-order valence-corrected chi connectivity index (χ1v) is 7.13. The van der Waals surface area contributed by atoms with Crippen LogP contribution in [0.15, 0.2) is 4.42 Å². The van der Waals surface area contributed by atoms with E-state index in [1.165, 1.54) is 0 Å². The number of aryl methyl sites for hydroxylation is 4. The van der Waals surface area contributed by atoms with Crippen LogP contribution in [0.4, 0.5) is 0 Å². The first-order chi connectivity index (χ1) is 9.85. The Hall–Kier alpha value is -2.11. The zero-order valence-electron chi connectivity index (χ0n) is 13.4. The third-order valence-electron chi connectivity index (χ3n) is 3.63. The van der Waals surface area contributed by atoms with Crippen molar-refractivity contribution in [3.63, 3.8) is 0 Å². The Morgan fingerprint density at radius 1 is 1.29 bits per heavy atom. The Balaban J connectivity index is 2.22. The van der Waals surface area contributed by atoms with Crippen molar-refractivity contribution >= 4 is 5.91 Å². The fraction of sp³-hybridized carbons (Fsp3) is 0.533. The molecule has 0 aliphatic heterocycles. The summed E-state index contributed by atoms with van der Waals surface area (Å²) < 4.78 is 7.30. The Morgan fingerprint density at radius 3 is 2.43 bits per heavy atom. The molecule has 6 nitrogen and oxygen atoms in total. The third kappa shape index (κ3) is 2.84. The highest BCUT2D eigenvalue weighted by Gasteiger charge is 2.22. The Kier molecular flexibility index (Phi) is 4.16. The lowest BCUT2D eigenvalue weighted by Gasteiger charge is -2.14. The van der Waals surface area contributed by atoms with Gasteiger partial charge in [0.25, 0.3) is 5.91 Å². The number of oxazole rings is 1. The fourth-order valence-electron chi connectivity index (χ4n) is 2.72. The van der Waals surface area contributed by atoms with Gasteiger partial charge in [0.2, 0.25) is 5.76 Å². The molecule has 1 N–H and O–H groups in total. The van der Waals surface area contributed by atoms with E-state index >= 15 is 0 Å². The lowest BCUT2D eigenvalue weighted by Crippen LogP contribution is -2.27. The predicted octanol–water partition coefficient (Wildman–Crippen LogP) is 2.62. The first kappa shape index (κ1) is 15.3. The number of aromatic nitrogens is 3. The normalized spacial score (nSPS) is 12.5. The van der Waals surface area contributed by atoms with Crippen LogP contribution in [0.1, 0.15) is 59.0 Å². The van der Waals surface area contributed by atoms with Gasteiger partial charge in [0, 0.05) is 24.7 Å². The molecule has 6 heteroatoms. The number of carbonyl (C=O) groups is 1. The summed E-state index contributed by atoms with van der Waals surface area (Å²) >= 11 is 0. The highest BCUT2D eigenvalue weighted by Crippen LogP contribution is 2.22. The van der Waals surface area contributed by atoms with Crippen LogP contribution in [-0.2, 0) is 6.54 Å². The van der Waals surface area contributed by atoms with Crippen molar-refractivity contribution < 1.29 is 9.21 Å². The maximum absolute atomic E-state index is 12.3. The molecule has 0 radical (unpaired) electrons. The number of carbonyl (C=O) groups excluding carboxylic acids is 1. The zero-order chi connectivity index (χ0) is 15.7. The highest BCUT2D eigenvalue weighted by molar-refractivity contribution is 5.92. The molecule has 0 aliphatic rings. The first-order valence-electron chi connectivity index (χ1n) is 7.13. The van der Waals surface area contributed by atoms with E-state index in [9.17, 15) is 4.79 Å². The molecule has 2 aromatic rings. The summed E-state index contributed by atoms with van der Waals surface area (Å²) in [5.41, 5.74) is 3.68. The Bertz CT molecular complexity index is 670. The largest absolute Gasteiger partial charge is 0.436 e. The molecule has 0 fully saturated rings. The van der Waals surface area contributed by atoms with Crippen molar-refractivity contribution in [3.05, 3.63) is 34.3 Å². The molecule has 21 heavy (non-hydrogen) atoms. The average molecular weight is 290 g/mol. The minimum atomic E-state index is -0.247. The molecule has 2 rings (SSSR count). The van der Waals surface area contributed by atoms with E-state index in [-0.39, 0.29) is 17.7 Å². The van der Waals surface area contributed by atoms with Crippen LogP contribution in [0.3, 0.4) is 0 Å². The predicted molar refractivity (Wildman–Crippen MR) is 79.2 cm³/mol. The summed E-state index contributed by atoms with van der Waals surface area (Å²) in [6.45, 7) is 12.3. The van der Waals surface area contributed by atoms with Gasteiger partial charge in [-0.25, -0.2) is 4.98 Å². The van der Waals surface area contributed by atoms with Crippen molar-refractivity contribution in [2.45, 2.75) is 54.1 Å². The van der Waals surface area contributed by atoms with Crippen LogP contribution in [0.5, 0.6) is 0 Å². The van der Waals surface area contributed by atoms with Gasteiger partial charge >= 0.3 is 0 Å². The van der Waals surface area contributed by atoms with Gasteiger partial charge in [-0.15, -0.1) is 0 Å². The lowest BCUT2D eigenvalue weighted by atomic mass is 10.1. The molecule has 0 aliphatic carbocycles. The van der Waals surface area contributed by atoms with Crippen molar-refractivity contribution in [1.29, 1.82) is 0 Å². The van der Waals surface area contributed by atoms with E-state index in [0.717, 1.165) is 23.5 Å². The molecule has 0 saturated carbocycles. The average Bonchev–Trinajstić information content (AvgIpc) is 2.88. The molecule has 0 saturated heterocycles. The number of rotatable bonds is 4. The molecule has 0 bridgehead atoms. The van der Waals surface area contributed by atoms with E-state index in [2.05, 4.69) is 15.4 Å². The topological polar surface area (TPSA) is 73.0 Å². The molecular weight excluding hydrogens is 268 g/mol. The number of hydrogen-bond donors (Lipinski definition) is 1. The molecule has 0 spiro atoms. The van der Waals surface area contributed by atoms with E-state index in [4.69, 9.17) is 4.42 Å². The molecule has 0 unspecified atom stereocenters. The smallest absolute Gasteiger partial charge is 0.289 e. The molecule has 1 amide bonds. The van der Waals surface area contributed by atoms with Crippen molar-refractivity contribution in [3.8, 4) is 0 Å². The van der Waals surface area contributed by atoms with Crippen LogP contribution in [0, 0.1) is 27.7 Å². The van der Waals surface area contributed by atoms with Gasteiger partial charge in [0.15, 0.2) is 5.89 Å². The Labute approximate surface area is 124 Å². The van der Waals surface area contributed by atoms with Crippen LogP contribution in [-0.4, -0.2) is 20.7 Å². The van der Waals surface area contributed by atoms with Gasteiger partial charge in [-0.2, -0.15) is 5.10 Å². The third-order valence-corrected chi connectivity index (χ3v) is 3.63. The van der Waals surface area contributed by atoms with Crippen LogP contribution in [0.25, 0.3) is 0 Å². The Morgan fingerprint density at radius 2 is 1.95 bits per heavy atom. The molecule has 1 atom stereocenters. The maximum atomic E-state index is 12.3. The van der Waals surface area contributed by atoms with Gasteiger partial charge in [-0.05, 0) is 34.6 Å². The fourth-order valence-corrected chi connectivity index (χ4v) is 2.72. The van der Waals surface area contributed by atoms with Gasteiger partial charge < -0.3 is 9.73 Å². The van der Waals surface area contributed by atoms with Crippen LogP contribution in [0.2, 0.25) is 0 Å². The van der Waals surface area contributed by atoms with Crippen LogP contribution < -0.4 is 5.32 Å². The molecule has 0 aromatic carbocycles. The van der Waals surface area contributed by atoms with E-state index in [0.29, 0.717) is 11.6 Å². The number of hydrogen-bond acceptors (Lipinski definition) is 4. The standard InChI is InChI=1S/C15H22N4O2/c1-7-19-11(5)13(9(3)18-19)8(2)17-15(20)14-10(4)16-12(6)21-14/h8H,7H2,1-6H3,(H,17,20)/t8-/m1/s1. The minimum Gasteiger partial charge on any atom is -0.436 e. The number of nitrogens with zero attached hydrogens (tertiary/aromatic N) is 3. The minimum absolute atomic E-state index is 0.136. The summed E-state index contributed by atoms with van der Waals surface area (Å²) in [6.07, 6.45) is 0. The SMILES string of the molecule is CCn1nc(C)c([C@@H](C)NC(=O)c2oc(C)nc2C)c1C. The van der Waals surface area contributed by atoms with Gasteiger partial charge in [-0.1, -0.05) is 0 Å². The molecule has 114 valence electrons. The monoisotopic (exact) mass is 290 g/mol. The molecule has 2 heterocycles. The van der Waals surface area contributed by atoms with E-state index in [1.807, 2.05) is 32.4 Å². The highest BCUT2D eigenvalue weighted by atomic mass is 16.4. The van der Waals surface area contributed by atoms with Gasteiger partial charge in [-0.3, -0.25) is 9.48 Å². The summed E-state index contributed by atoms with van der Waals surface area (Å²) in [5.74, 6) is 0.526. The van der Waals surface area contributed by atoms with Crippen LogP contribution >= 0.6 is 0 Å². The van der Waals surface area contributed by atoms with Gasteiger partial charge in [0.1, 0.15) is 0 Å². The second-order valence-corrected chi connectivity index (χ2v) is 5.24. The lowest BCUT2D eigenvalue weighted by molar-refractivity contribution is 0.0909. The van der Waals surface area contributed by atoms with Crippen molar-refractivity contribution in [2.75, 3.05) is 0 Å². The summed E-state index contributed by atoms with van der Waals surface area (Å²) in [5, 5.41) is 7.44. The number of amides is 1. The summed E-state index contributed by atoms with van der Waals surface area (Å²) in [4.78, 5) is 16.4. The van der Waals surface area contributed by atoms with Crippen molar-refractivity contribution in [1.82, 2.24) is 20.1 Å². The second kappa shape index (κ2) is 5.71. The van der Waals surface area contributed by atoms with Gasteiger partial charge in [0.05, 0.1) is 17.4 Å². The molecular formula is C15H22N4O2. The second-order valence-electron chi connectivity index (χ2n) is 5.24. The van der Waals surface area contributed by atoms with E-state index in [1.54, 1.807) is 13.8 Å². The maximum Gasteiger partial charge on any atom is 0.289 e. The zero-order valence-corrected chi connectivity index (χ0v) is 13.4. The number of nitrogens with one attached hydrogen (secondary N) is 1. The molecule has 2 aromatic heterocycles. The van der Waals surface area contributed by atoms with E-state index < -0.39 is 0 Å². The summed E-state index contributed by atoms with van der Waals surface area (Å²) in [6, 6.07) is -0.136.